The predicted molar refractivity (Wildman–Crippen MR) is 94.8 cm³/mol. The van der Waals surface area contributed by atoms with Crippen LogP contribution < -0.4 is 0 Å². The van der Waals surface area contributed by atoms with Gasteiger partial charge in [0, 0.05) is 31.6 Å². The first-order chi connectivity index (χ1) is 11.5. The summed E-state index contributed by atoms with van der Waals surface area (Å²) in [5.41, 5.74) is 1.70. The highest BCUT2D eigenvalue weighted by Gasteiger charge is 2.28. The molecule has 128 valence electrons. The largest absolute Gasteiger partial charge is 0.337 e. The van der Waals surface area contributed by atoms with Crippen LogP contribution in [-0.4, -0.2) is 49.7 Å². The van der Waals surface area contributed by atoms with Crippen LogP contribution in [0.1, 0.15) is 22.3 Å². The molecule has 1 aliphatic heterocycles. The van der Waals surface area contributed by atoms with Gasteiger partial charge >= 0.3 is 0 Å². The Bertz CT molecular complexity index is 799. The standard InChI is InChI=1S/C17H20N2O3S2/c1-14-3-5-16(6-4-14)24(21,22)19-9-2-8-18(10-11-19)17(20)15-7-12-23-13-15/h3-7,12-13H,2,8-11H2,1H3. The number of benzene rings is 1. The van der Waals surface area contributed by atoms with Gasteiger partial charge in [0.1, 0.15) is 0 Å². The second-order valence-corrected chi connectivity index (χ2v) is 8.59. The van der Waals surface area contributed by atoms with Crippen molar-refractivity contribution in [3.63, 3.8) is 0 Å². The average molecular weight is 364 g/mol. The van der Waals surface area contributed by atoms with Crippen molar-refractivity contribution in [3.8, 4) is 0 Å². The highest BCUT2D eigenvalue weighted by molar-refractivity contribution is 7.89. The SMILES string of the molecule is Cc1ccc(S(=O)(=O)N2CCCN(C(=O)c3ccsc3)CC2)cc1. The zero-order valence-corrected chi connectivity index (χ0v) is 15.1. The Hall–Kier alpha value is -1.70. The molecule has 0 spiro atoms. The first kappa shape index (κ1) is 17.1. The molecule has 2 heterocycles. The molecule has 1 saturated heterocycles. The second kappa shape index (κ2) is 7.04. The number of aryl methyl sites for hydroxylation is 1. The minimum atomic E-state index is -3.51. The molecule has 2 aromatic rings. The minimum Gasteiger partial charge on any atom is -0.337 e. The molecule has 1 amide bonds. The van der Waals surface area contributed by atoms with Crippen LogP contribution in [0.4, 0.5) is 0 Å². The van der Waals surface area contributed by atoms with Gasteiger partial charge in [0.25, 0.3) is 5.91 Å². The fourth-order valence-electron chi connectivity index (χ4n) is 2.77. The Morgan fingerprint density at radius 3 is 2.46 bits per heavy atom. The van der Waals surface area contributed by atoms with E-state index >= 15 is 0 Å². The Kier molecular flexibility index (Phi) is 5.03. The van der Waals surface area contributed by atoms with E-state index in [2.05, 4.69) is 0 Å². The molecule has 1 aliphatic rings. The summed E-state index contributed by atoms with van der Waals surface area (Å²) in [6.07, 6.45) is 0.640. The van der Waals surface area contributed by atoms with Crippen molar-refractivity contribution in [1.29, 1.82) is 0 Å². The Morgan fingerprint density at radius 2 is 1.79 bits per heavy atom. The monoisotopic (exact) mass is 364 g/mol. The van der Waals surface area contributed by atoms with Crippen molar-refractivity contribution < 1.29 is 13.2 Å². The van der Waals surface area contributed by atoms with Crippen LogP contribution in [0.5, 0.6) is 0 Å². The average Bonchev–Trinajstić information content (AvgIpc) is 2.98. The van der Waals surface area contributed by atoms with Crippen LogP contribution in [0.2, 0.25) is 0 Å². The number of carbonyl (C=O) groups is 1. The fraction of sp³-hybridized carbons (Fsp3) is 0.353. The van der Waals surface area contributed by atoms with Crippen LogP contribution in [-0.2, 0) is 10.0 Å². The van der Waals surface area contributed by atoms with E-state index in [0.29, 0.717) is 43.1 Å². The minimum absolute atomic E-state index is 0.0224. The maximum atomic E-state index is 12.8. The van der Waals surface area contributed by atoms with Crippen molar-refractivity contribution in [1.82, 2.24) is 9.21 Å². The third kappa shape index (κ3) is 3.53. The lowest BCUT2D eigenvalue weighted by Gasteiger charge is -2.21. The smallest absolute Gasteiger partial charge is 0.254 e. The summed E-state index contributed by atoms with van der Waals surface area (Å²) in [7, 11) is -3.51. The van der Waals surface area contributed by atoms with E-state index in [1.807, 2.05) is 17.7 Å². The van der Waals surface area contributed by atoms with Gasteiger partial charge in [0.2, 0.25) is 10.0 Å². The fourth-order valence-corrected chi connectivity index (χ4v) is 4.86. The van der Waals surface area contributed by atoms with Gasteiger partial charge in [0.15, 0.2) is 0 Å². The molecule has 0 saturated carbocycles. The molecule has 7 heteroatoms. The van der Waals surface area contributed by atoms with Crippen molar-refractivity contribution in [2.24, 2.45) is 0 Å². The number of sulfonamides is 1. The summed E-state index contributed by atoms with van der Waals surface area (Å²) in [5, 5.41) is 3.70. The number of nitrogens with zero attached hydrogens (tertiary/aromatic N) is 2. The van der Waals surface area contributed by atoms with Gasteiger partial charge in [-0.25, -0.2) is 8.42 Å². The first-order valence-electron chi connectivity index (χ1n) is 7.87. The van der Waals surface area contributed by atoms with Crippen molar-refractivity contribution >= 4 is 27.3 Å². The summed E-state index contributed by atoms with van der Waals surface area (Å²) < 4.78 is 27.0. The zero-order chi connectivity index (χ0) is 17.2. The van der Waals surface area contributed by atoms with Crippen molar-refractivity contribution in [2.45, 2.75) is 18.2 Å². The molecule has 3 rings (SSSR count). The number of thiophene rings is 1. The van der Waals surface area contributed by atoms with Gasteiger partial charge in [-0.05, 0) is 36.9 Å². The van der Waals surface area contributed by atoms with E-state index in [1.54, 1.807) is 35.2 Å². The van der Waals surface area contributed by atoms with E-state index in [9.17, 15) is 13.2 Å². The molecule has 0 aliphatic carbocycles. The highest BCUT2D eigenvalue weighted by atomic mass is 32.2. The number of hydrogen-bond donors (Lipinski definition) is 0. The summed E-state index contributed by atoms with van der Waals surface area (Å²) in [6, 6.07) is 8.70. The summed E-state index contributed by atoms with van der Waals surface area (Å²) in [6.45, 7) is 3.68. The van der Waals surface area contributed by atoms with Gasteiger partial charge in [-0.3, -0.25) is 4.79 Å². The van der Waals surface area contributed by atoms with E-state index in [4.69, 9.17) is 0 Å². The first-order valence-corrected chi connectivity index (χ1v) is 10.2. The normalized spacial score (nSPS) is 16.8. The van der Waals surface area contributed by atoms with Gasteiger partial charge < -0.3 is 4.90 Å². The molecule has 0 N–H and O–H groups in total. The van der Waals surface area contributed by atoms with Crippen molar-refractivity contribution in [3.05, 3.63) is 52.2 Å². The predicted octanol–water partition coefficient (Wildman–Crippen LogP) is 2.59. The van der Waals surface area contributed by atoms with Crippen LogP contribution in [0, 0.1) is 6.92 Å². The summed E-state index contributed by atoms with van der Waals surface area (Å²) in [5.74, 6) is -0.0224. The molecule has 1 fully saturated rings. The van der Waals surface area contributed by atoms with Gasteiger partial charge in [-0.1, -0.05) is 17.7 Å². The Balaban J connectivity index is 1.73. The third-order valence-electron chi connectivity index (χ3n) is 4.17. The number of hydrogen-bond acceptors (Lipinski definition) is 4. The molecular weight excluding hydrogens is 344 g/mol. The Morgan fingerprint density at radius 1 is 1.04 bits per heavy atom. The van der Waals surface area contributed by atoms with Gasteiger partial charge in [0.05, 0.1) is 10.5 Å². The van der Waals surface area contributed by atoms with E-state index < -0.39 is 10.0 Å². The molecule has 1 aromatic carbocycles. The molecular formula is C17H20N2O3S2. The lowest BCUT2D eigenvalue weighted by atomic mass is 10.2. The molecule has 0 radical (unpaired) electrons. The second-order valence-electron chi connectivity index (χ2n) is 5.87. The van der Waals surface area contributed by atoms with E-state index in [1.165, 1.54) is 15.6 Å². The number of carbonyl (C=O) groups excluding carboxylic acids is 1. The van der Waals surface area contributed by atoms with Crippen LogP contribution in [0.3, 0.4) is 0 Å². The van der Waals surface area contributed by atoms with Crippen molar-refractivity contribution in [2.75, 3.05) is 26.2 Å². The van der Waals surface area contributed by atoms with E-state index in [-0.39, 0.29) is 5.91 Å². The number of amides is 1. The van der Waals surface area contributed by atoms with Gasteiger partial charge in [-0.2, -0.15) is 15.6 Å². The molecule has 5 nitrogen and oxygen atoms in total. The quantitative estimate of drug-likeness (QED) is 0.841. The molecule has 1 aromatic heterocycles. The van der Waals surface area contributed by atoms with Crippen LogP contribution in [0.25, 0.3) is 0 Å². The Labute approximate surface area is 146 Å². The van der Waals surface area contributed by atoms with E-state index in [0.717, 1.165) is 5.56 Å². The van der Waals surface area contributed by atoms with Crippen LogP contribution in [0.15, 0.2) is 46.0 Å². The lowest BCUT2D eigenvalue weighted by molar-refractivity contribution is 0.0765. The third-order valence-corrected chi connectivity index (χ3v) is 6.77. The summed E-state index contributed by atoms with van der Waals surface area (Å²) in [4.78, 5) is 14.5. The molecule has 24 heavy (non-hydrogen) atoms. The summed E-state index contributed by atoms with van der Waals surface area (Å²) >= 11 is 1.49. The molecule has 0 bridgehead atoms. The lowest BCUT2D eigenvalue weighted by Crippen LogP contribution is -2.37. The molecule has 0 atom stereocenters. The maximum Gasteiger partial charge on any atom is 0.254 e. The van der Waals surface area contributed by atoms with Crippen LogP contribution >= 0.6 is 11.3 Å². The topological polar surface area (TPSA) is 57.7 Å². The number of rotatable bonds is 3. The maximum absolute atomic E-state index is 12.8. The molecule has 0 unspecified atom stereocenters. The highest BCUT2D eigenvalue weighted by Crippen LogP contribution is 2.19. The zero-order valence-electron chi connectivity index (χ0n) is 13.5. The van der Waals surface area contributed by atoms with Gasteiger partial charge in [-0.15, -0.1) is 0 Å².